The van der Waals surface area contributed by atoms with Gasteiger partial charge < -0.3 is 15.8 Å². The van der Waals surface area contributed by atoms with Crippen molar-refractivity contribution >= 4 is 11.7 Å². The summed E-state index contributed by atoms with van der Waals surface area (Å²) in [6.07, 6.45) is 0. The van der Waals surface area contributed by atoms with E-state index in [1.54, 1.807) is 0 Å². The molecule has 6 nitrogen and oxygen atoms in total. The molecule has 1 aliphatic rings. The van der Waals surface area contributed by atoms with Crippen molar-refractivity contribution in [3.63, 3.8) is 0 Å². The highest BCUT2D eigenvalue weighted by molar-refractivity contribution is 6.02. The van der Waals surface area contributed by atoms with Crippen LogP contribution in [0.3, 0.4) is 0 Å². The first-order valence-corrected chi connectivity index (χ1v) is 7.39. The van der Waals surface area contributed by atoms with Crippen LogP contribution in [0.15, 0.2) is 11.2 Å². The summed E-state index contributed by atoms with van der Waals surface area (Å²) >= 11 is 0. The summed E-state index contributed by atoms with van der Waals surface area (Å²) in [6.45, 7) is 12.2. The Balaban J connectivity index is 2.32. The third-order valence-corrected chi connectivity index (χ3v) is 4.03. The molecule has 0 unspecified atom stereocenters. The lowest BCUT2D eigenvalue weighted by Gasteiger charge is -2.38. The van der Waals surface area contributed by atoms with Crippen molar-refractivity contribution in [2.45, 2.75) is 33.7 Å². The fraction of sp³-hybridized carbons (Fsp3) is 0.600. The van der Waals surface area contributed by atoms with Crippen molar-refractivity contribution in [2.24, 2.45) is 10.9 Å². The van der Waals surface area contributed by atoms with Crippen LogP contribution in [0.4, 0.5) is 5.82 Å². The Morgan fingerprint density at radius 1 is 1.29 bits per heavy atom. The van der Waals surface area contributed by atoms with Crippen molar-refractivity contribution in [3.8, 4) is 0 Å². The van der Waals surface area contributed by atoms with Gasteiger partial charge in [-0.15, -0.1) is 0 Å². The van der Waals surface area contributed by atoms with Gasteiger partial charge in [0.1, 0.15) is 5.82 Å². The van der Waals surface area contributed by atoms with Crippen molar-refractivity contribution in [1.29, 1.82) is 0 Å². The average Bonchev–Trinajstić information content (AvgIpc) is 2.45. The molecule has 1 aliphatic heterocycles. The van der Waals surface area contributed by atoms with Crippen LogP contribution in [-0.4, -0.2) is 53.1 Å². The number of amidine groups is 1. The molecule has 1 aromatic heterocycles. The summed E-state index contributed by atoms with van der Waals surface area (Å²) in [4.78, 5) is 9.31. The van der Waals surface area contributed by atoms with Gasteiger partial charge in [0.05, 0.1) is 5.56 Å². The quantitative estimate of drug-likeness (QED) is 0.380. The Labute approximate surface area is 126 Å². The monoisotopic (exact) mass is 291 g/mol. The highest BCUT2D eigenvalue weighted by Crippen LogP contribution is 2.24. The van der Waals surface area contributed by atoms with Gasteiger partial charge in [0.2, 0.25) is 0 Å². The lowest BCUT2D eigenvalue weighted by molar-refractivity contribution is 0.209. The number of aromatic nitrogens is 1. The minimum absolute atomic E-state index is 0.126. The molecule has 6 heteroatoms. The van der Waals surface area contributed by atoms with Crippen LogP contribution < -0.4 is 10.6 Å². The first-order chi connectivity index (χ1) is 9.93. The van der Waals surface area contributed by atoms with Crippen molar-refractivity contribution in [3.05, 3.63) is 22.9 Å². The molecule has 0 spiro atoms. The van der Waals surface area contributed by atoms with Gasteiger partial charge in [-0.3, -0.25) is 4.90 Å². The fourth-order valence-electron chi connectivity index (χ4n) is 2.86. The standard InChI is InChI=1S/C15H25N5O/c1-10(2)19-5-7-20(8-6-19)15-13(14(16)18-21)11(3)9-12(4)17-15/h9-10,21H,5-8H2,1-4H3,(H2,16,18). The largest absolute Gasteiger partial charge is 0.409 e. The molecule has 2 heterocycles. The predicted molar refractivity (Wildman–Crippen MR) is 85.1 cm³/mol. The number of nitrogens with two attached hydrogens (primary N) is 1. The number of piperazine rings is 1. The Morgan fingerprint density at radius 2 is 1.90 bits per heavy atom. The molecule has 21 heavy (non-hydrogen) atoms. The van der Waals surface area contributed by atoms with Crippen LogP contribution in [-0.2, 0) is 0 Å². The average molecular weight is 291 g/mol. The summed E-state index contributed by atoms with van der Waals surface area (Å²) in [5.74, 6) is 0.951. The van der Waals surface area contributed by atoms with Crippen LogP contribution in [0.2, 0.25) is 0 Å². The third kappa shape index (κ3) is 3.26. The molecule has 2 rings (SSSR count). The number of hydrogen-bond acceptors (Lipinski definition) is 5. The fourth-order valence-corrected chi connectivity index (χ4v) is 2.86. The molecular formula is C15H25N5O. The minimum Gasteiger partial charge on any atom is -0.409 e. The van der Waals surface area contributed by atoms with Gasteiger partial charge in [-0.1, -0.05) is 5.16 Å². The van der Waals surface area contributed by atoms with E-state index < -0.39 is 0 Å². The first-order valence-electron chi connectivity index (χ1n) is 7.39. The van der Waals surface area contributed by atoms with E-state index in [4.69, 9.17) is 10.9 Å². The normalized spacial score (nSPS) is 17.6. The van der Waals surface area contributed by atoms with Gasteiger partial charge in [-0.05, 0) is 39.3 Å². The molecule has 0 atom stereocenters. The second-order valence-electron chi connectivity index (χ2n) is 5.88. The second-order valence-corrected chi connectivity index (χ2v) is 5.88. The van der Waals surface area contributed by atoms with Gasteiger partial charge in [-0.2, -0.15) is 0 Å². The van der Waals surface area contributed by atoms with Crippen molar-refractivity contribution < 1.29 is 5.21 Å². The molecule has 0 aliphatic carbocycles. The molecule has 1 fully saturated rings. The van der Waals surface area contributed by atoms with E-state index in [-0.39, 0.29) is 5.84 Å². The number of oxime groups is 1. The van der Waals surface area contributed by atoms with E-state index in [9.17, 15) is 0 Å². The zero-order chi connectivity index (χ0) is 15.6. The number of hydrogen-bond donors (Lipinski definition) is 2. The van der Waals surface area contributed by atoms with Crippen LogP contribution in [0, 0.1) is 13.8 Å². The molecule has 0 aromatic carbocycles. The Kier molecular flexibility index (Phi) is 4.67. The van der Waals surface area contributed by atoms with Crippen LogP contribution >= 0.6 is 0 Å². The number of nitrogens with zero attached hydrogens (tertiary/aromatic N) is 4. The van der Waals surface area contributed by atoms with Crippen LogP contribution in [0.25, 0.3) is 0 Å². The van der Waals surface area contributed by atoms with Gasteiger partial charge in [0.25, 0.3) is 0 Å². The first kappa shape index (κ1) is 15.6. The van der Waals surface area contributed by atoms with Gasteiger partial charge >= 0.3 is 0 Å². The smallest absolute Gasteiger partial charge is 0.174 e. The lowest BCUT2D eigenvalue weighted by Crippen LogP contribution is -2.49. The molecule has 1 aromatic rings. The lowest BCUT2D eigenvalue weighted by atomic mass is 10.1. The van der Waals surface area contributed by atoms with E-state index in [1.165, 1.54) is 0 Å². The van der Waals surface area contributed by atoms with E-state index in [1.807, 2.05) is 19.9 Å². The van der Waals surface area contributed by atoms with Crippen LogP contribution in [0.5, 0.6) is 0 Å². The Morgan fingerprint density at radius 3 is 2.43 bits per heavy atom. The third-order valence-electron chi connectivity index (χ3n) is 4.03. The molecule has 0 amide bonds. The van der Waals surface area contributed by atoms with Crippen molar-refractivity contribution in [2.75, 3.05) is 31.1 Å². The number of aryl methyl sites for hydroxylation is 2. The molecular weight excluding hydrogens is 266 g/mol. The van der Waals surface area contributed by atoms with E-state index in [2.05, 4.69) is 33.8 Å². The number of anilines is 1. The van der Waals surface area contributed by atoms with E-state index >= 15 is 0 Å². The minimum atomic E-state index is 0.126. The maximum Gasteiger partial charge on any atom is 0.174 e. The molecule has 116 valence electrons. The summed E-state index contributed by atoms with van der Waals surface area (Å²) in [7, 11) is 0. The molecule has 3 N–H and O–H groups in total. The zero-order valence-electron chi connectivity index (χ0n) is 13.3. The second kappa shape index (κ2) is 6.30. The highest BCUT2D eigenvalue weighted by atomic mass is 16.4. The summed E-state index contributed by atoms with van der Waals surface area (Å²) in [6, 6.07) is 2.52. The SMILES string of the molecule is Cc1cc(C)c(/C(N)=N/O)c(N2CCN(C(C)C)CC2)n1. The van der Waals surface area contributed by atoms with E-state index in [0.717, 1.165) is 48.8 Å². The van der Waals surface area contributed by atoms with Gasteiger partial charge in [-0.25, -0.2) is 4.98 Å². The number of pyridine rings is 1. The molecule has 0 saturated carbocycles. The highest BCUT2D eigenvalue weighted by Gasteiger charge is 2.24. The summed E-state index contributed by atoms with van der Waals surface area (Å²) in [5.41, 5.74) is 8.52. The number of rotatable bonds is 3. The molecule has 0 radical (unpaired) electrons. The zero-order valence-corrected chi connectivity index (χ0v) is 13.3. The Hall–Kier alpha value is -1.82. The Bertz CT molecular complexity index is 533. The van der Waals surface area contributed by atoms with Gasteiger partial charge in [0.15, 0.2) is 5.84 Å². The summed E-state index contributed by atoms with van der Waals surface area (Å²) in [5, 5.41) is 12.2. The topological polar surface area (TPSA) is 78.0 Å². The van der Waals surface area contributed by atoms with Gasteiger partial charge in [0, 0.05) is 37.9 Å². The summed E-state index contributed by atoms with van der Waals surface area (Å²) < 4.78 is 0. The molecule has 0 bridgehead atoms. The molecule has 1 saturated heterocycles. The predicted octanol–water partition coefficient (Wildman–Crippen LogP) is 1.32. The van der Waals surface area contributed by atoms with E-state index in [0.29, 0.717) is 6.04 Å². The maximum atomic E-state index is 9.03. The van der Waals surface area contributed by atoms with Crippen LogP contribution in [0.1, 0.15) is 30.7 Å². The maximum absolute atomic E-state index is 9.03. The van der Waals surface area contributed by atoms with Crippen molar-refractivity contribution in [1.82, 2.24) is 9.88 Å².